The van der Waals surface area contributed by atoms with E-state index in [4.69, 9.17) is 9.68 Å². The van der Waals surface area contributed by atoms with Crippen molar-refractivity contribution >= 4 is 11.9 Å². The molecule has 2 aromatic rings. The van der Waals surface area contributed by atoms with E-state index in [1.54, 1.807) is 18.2 Å². The van der Waals surface area contributed by atoms with Crippen LogP contribution < -0.4 is 5.01 Å². The number of nitrogens with zero attached hydrogens (tertiary/aromatic N) is 3. The van der Waals surface area contributed by atoms with Gasteiger partial charge in [0.2, 0.25) is 5.78 Å². The van der Waals surface area contributed by atoms with Gasteiger partial charge in [0.25, 0.3) is 0 Å². The average Bonchev–Trinajstić information content (AvgIpc) is 3.05. The number of furan rings is 1. The highest BCUT2D eigenvalue weighted by atomic mass is 16.3. The molecule has 2 heterocycles. The molecule has 0 N–H and O–H groups in total. The van der Waals surface area contributed by atoms with Crippen molar-refractivity contribution in [1.29, 1.82) is 5.26 Å². The Bertz CT molecular complexity index is 643. The fourth-order valence-corrected chi connectivity index (χ4v) is 1.70. The molecule has 5 nitrogen and oxygen atoms in total. The van der Waals surface area contributed by atoms with Crippen molar-refractivity contribution in [3.63, 3.8) is 0 Å². The first-order valence-electron chi connectivity index (χ1n) is 5.68. The number of carbonyl (C=O) groups is 1. The van der Waals surface area contributed by atoms with Crippen LogP contribution in [0.5, 0.6) is 0 Å². The van der Waals surface area contributed by atoms with E-state index in [1.165, 1.54) is 6.26 Å². The molecule has 0 aliphatic heterocycles. The fraction of sp³-hybridized carbons (Fsp3) is 0.143. The first-order valence-corrected chi connectivity index (χ1v) is 5.68. The third-order valence-corrected chi connectivity index (χ3v) is 2.59. The van der Waals surface area contributed by atoms with Crippen LogP contribution >= 0.6 is 0 Å². The highest BCUT2D eigenvalue weighted by Gasteiger charge is 2.15. The Morgan fingerprint density at radius 1 is 1.42 bits per heavy atom. The van der Waals surface area contributed by atoms with Crippen LogP contribution in [0.2, 0.25) is 0 Å². The molecule has 0 fully saturated rings. The van der Waals surface area contributed by atoms with E-state index in [1.807, 2.05) is 48.2 Å². The van der Waals surface area contributed by atoms with Crippen LogP contribution in [0.25, 0.3) is 6.08 Å². The Kier molecular flexibility index (Phi) is 3.53. The number of Topliss-reactive ketones (excluding diaryl/α,β-unsaturated/α-hetero) is 1. The summed E-state index contributed by atoms with van der Waals surface area (Å²) in [7, 11) is 3.75. The van der Waals surface area contributed by atoms with E-state index >= 15 is 0 Å². The Morgan fingerprint density at radius 2 is 2.21 bits per heavy atom. The number of hydrogen-bond acceptors (Lipinski definition) is 4. The lowest BCUT2D eigenvalue weighted by atomic mass is 10.1. The topological polar surface area (TPSA) is 62.2 Å². The lowest BCUT2D eigenvalue weighted by Crippen LogP contribution is -2.24. The Balaban J connectivity index is 2.37. The lowest BCUT2D eigenvalue weighted by molar-refractivity contribution is 0.101. The molecule has 0 saturated carbocycles. The molecule has 0 bridgehead atoms. The largest absolute Gasteiger partial charge is 0.461 e. The van der Waals surface area contributed by atoms with E-state index in [0.717, 1.165) is 5.69 Å². The normalized spacial score (nSPS) is 11.1. The van der Waals surface area contributed by atoms with Crippen LogP contribution in [-0.4, -0.2) is 24.6 Å². The molecule has 5 heteroatoms. The molecule has 0 aliphatic carbocycles. The predicted molar refractivity (Wildman–Crippen MR) is 71.1 cm³/mol. The monoisotopic (exact) mass is 255 g/mol. The minimum absolute atomic E-state index is 0.0387. The average molecular weight is 255 g/mol. The van der Waals surface area contributed by atoms with Gasteiger partial charge >= 0.3 is 0 Å². The fourth-order valence-electron chi connectivity index (χ4n) is 1.70. The SMILES string of the molecule is CN(C)n1cccc1C=C(C#N)C(=O)c1ccco1. The van der Waals surface area contributed by atoms with Gasteiger partial charge in [-0.25, -0.2) is 0 Å². The standard InChI is InChI=1S/C14H13N3O2/c1-16(2)17-7-3-5-12(17)9-11(10-15)14(18)13-6-4-8-19-13/h3-9H,1-2H3. The van der Waals surface area contributed by atoms with Crippen molar-refractivity contribution in [2.24, 2.45) is 0 Å². The molecule has 2 aromatic heterocycles. The van der Waals surface area contributed by atoms with Gasteiger partial charge in [0.05, 0.1) is 12.0 Å². The van der Waals surface area contributed by atoms with Gasteiger partial charge in [-0.15, -0.1) is 0 Å². The summed E-state index contributed by atoms with van der Waals surface area (Å²) in [5.41, 5.74) is 0.790. The molecular weight excluding hydrogens is 242 g/mol. The third kappa shape index (κ3) is 2.58. The molecule has 0 atom stereocenters. The maximum absolute atomic E-state index is 12.0. The zero-order valence-electron chi connectivity index (χ0n) is 10.7. The Hall–Kier alpha value is -2.74. The number of hydrogen-bond donors (Lipinski definition) is 0. The minimum atomic E-state index is -0.418. The van der Waals surface area contributed by atoms with Crippen LogP contribution in [0.1, 0.15) is 16.2 Å². The van der Waals surface area contributed by atoms with Gasteiger partial charge < -0.3 is 9.43 Å². The highest BCUT2D eigenvalue weighted by molar-refractivity contribution is 6.12. The quantitative estimate of drug-likeness (QED) is 0.476. The van der Waals surface area contributed by atoms with E-state index in [-0.39, 0.29) is 11.3 Å². The van der Waals surface area contributed by atoms with Gasteiger partial charge in [-0.05, 0) is 30.3 Å². The molecule has 0 aliphatic rings. The second-order valence-corrected chi connectivity index (χ2v) is 4.10. The second-order valence-electron chi connectivity index (χ2n) is 4.10. The number of carbonyl (C=O) groups excluding carboxylic acids is 1. The van der Waals surface area contributed by atoms with E-state index < -0.39 is 5.78 Å². The van der Waals surface area contributed by atoms with Gasteiger partial charge in [-0.2, -0.15) is 5.26 Å². The summed E-state index contributed by atoms with van der Waals surface area (Å²) in [6, 6.07) is 8.74. The first-order chi connectivity index (χ1) is 9.13. The summed E-state index contributed by atoms with van der Waals surface area (Å²) in [6.07, 6.45) is 4.80. The third-order valence-electron chi connectivity index (χ3n) is 2.59. The van der Waals surface area contributed by atoms with Gasteiger partial charge in [-0.1, -0.05) is 0 Å². The number of allylic oxidation sites excluding steroid dienone is 1. The molecule has 0 saturated heterocycles. The van der Waals surface area contributed by atoms with Crippen LogP contribution in [0, 0.1) is 11.3 Å². The molecule has 19 heavy (non-hydrogen) atoms. The molecular formula is C14H13N3O2. The van der Waals surface area contributed by atoms with E-state index in [2.05, 4.69) is 0 Å². The summed E-state index contributed by atoms with van der Waals surface area (Å²) in [4.78, 5) is 12.0. The van der Waals surface area contributed by atoms with Gasteiger partial charge in [0.15, 0.2) is 5.76 Å². The molecule has 0 spiro atoms. The summed E-state index contributed by atoms with van der Waals surface area (Å²) in [5.74, 6) is -0.255. The maximum atomic E-state index is 12.0. The summed E-state index contributed by atoms with van der Waals surface area (Å²) in [6.45, 7) is 0. The second kappa shape index (κ2) is 5.27. The number of ketones is 1. The number of nitriles is 1. The summed E-state index contributed by atoms with van der Waals surface area (Å²) >= 11 is 0. The van der Waals surface area contributed by atoms with Crippen LogP contribution in [0.4, 0.5) is 0 Å². The molecule has 0 amide bonds. The van der Waals surface area contributed by atoms with Crippen molar-refractivity contribution in [1.82, 2.24) is 4.68 Å². The van der Waals surface area contributed by atoms with Crippen molar-refractivity contribution in [2.75, 3.05) is 19.1 Å². The van der Waals surface area contributed by atoms with Crippen LogP contribution in [0.15, 0.2) is 46.7 Å². The maximum Gasteiger partial charge on any atom is 0.238 e. The molecule has 96 valence electrons. The van der Waals surface area contributed by atoms with Crippen molar-refractivity contribution in [2.45, 2.75) is 0 Å². The minimum Gasteiger partial charge on any atom is -0.461 e. The smallest absolute Gasteiger partial charge is 0.238 e. The van der Waals surface area contributed by atoms with Crippen molar-refractivity contribution < 1.29 is 9.21 Å². The van der Waals surface area contributed by atoms with Crippen LogP contribution in [-0.2, 0) is 0 Å². The zero-order valence-corrected chi connectivity index (χ0v) is 10.7. The van der Waals surface area contributed by atoms with Crippen molar-refractivity contribution in [3.8, 4) is 6.07 Å². The van der Waals surface area contributed by atoms with Gasteiger partial charge in [0, 0.05) is 20.3 Å². The number of rotatable bonds is 4. The van der Waals surface area contributed by atoms with Crippen LogP contribution in [0.3, 0.4) is 0 Å². The first kappa shape index (κ1) is 12.7. The van der Waals surface area contributed by atoms with Gasteiger partial charge in [0.1, 0.15) is 11.6 Å². The molecule has 0 radical (unpaired) electrons. The Labute approximate surface area is 110 Å². The summed E-state index contributed by atoms with van der Waals surface area (Å²) < 4.78 is 6.84. The van der Waals surface area contributed by atoms with Gasteiger partial charge in [-0.3, -0.25) is 9.47 Å². The predicted octanol–water partition coefficient (Wildman–Crippen LogP) is 2.07. The zero-order chi connectivity index (χ0) is 13.8. The van der Waals surface area contributed by atoms with E-state index in [9.17, 15) is 4.79 Å². The lowest BCUT2D eigenvalue weighted by Gasteiger charge is -2.16. The molecule has 0 aromatic carbocycles. The molecule has 0 unspecified atom stereocenters. The highest BCUT2D eigenvalue weighted by Crippen LogP contribution is 2.13. The number of aromatic nitrogens is 1. The Morgan fingerprint density at radius 3 is 2.79 bits per heavy atom. The summed E-state index contributed by atoms with van der Waals surface area (Å²) in [5, 5.41) is 11.0. The molecule has 2 rings (SSSR count). The van der Waals surface area contributed by atoms with E-state index in [0.29, 0.717) is 0 Å². The van der Waals surface area contributed by atoms with Crippen molar-refractivity contribution in [3.05, 3.63) is 53.8 Å².